The largest absolute Gasteiger partial charge is 0.370 e. The average molecular weight is 277 g/mol. The Hall–Kier alpha value is -1.85. The molecule has 1 fully saturated rings. The number of hydrogen-bond donors (Lipinski definition) is 2. The maximum atomic E-state index is 11.4. The van der Waals surface area contributed by atoms with Crippen molar-refractivity contribution in [2.45, 2.75) is 33.1 Å². The van der Waals surface area contributed by atoms with Crippen molar-refractivity contribution in [3.63, 3.8) is 0 Å². The van der Waals surface area contributed by atoms with Gasteiger partial charge in [0.1, 0.15) is 18.0 Å². The van der Waals surface area contributed by atoms with E-state index in [0.29, 0.717) is 19.5 Å². The van der Waals surface area contributed by atoms with Crippen molar-refractivity contribution in [3.8, 4) is 0 Å². The molecule has 2 N–H and O–H groups in total. The van der Waals surface area contributed by atoms with Crippen molar-refractivity contribution in [2.24, 2.45) is 0 Å². The minimum Gasteiger partial charge on any atom is -0.370 e. The van der Waals surface area contributed by atoms with Crippen molar-refractivity contribution in [1.29, 1.82) is 0 Å². The van der Waals surface area contributed by atoms with Crippen LogP contribution in [0.15, 0.2) is 6.33 Å². The van der Waals surface area contributed by atoms with Crippen LogP contribution < -0.4 is 15.5 Å². The van der Waals surface area contributed by atoms with Crippen molar-refractivity contribution in [1.82, 2.24) is 15.3 Å². The van der Waals surface area contributed by atoms with E-state index < -0.39 is 0 Å². The number of nitrogens with one attached hydrogen (secondary N) is 2. The highest BCUT2D eigenvalue weighted by atomic mass is 16.1. The van der Waals surface area contributed by atoms with Crippen LogP contribution in [0.2, 0.25) is 0 Å². The molecule has 0 spiro atoms. The summed E-state index contributed by atoms with van der Waals surface area (Å²) in [7, 11) is 0. The molecular weight excluding hydrogens is 254 g/mol. The molecule has 0 saturated carbocycles. The number of nitrogens with zero attached hydrogens (tertiary/aromatic N) is 3. The third-order valence-electron chi connectivity index (χ3n) is 3.43. The van der Waals surface area contributed by atoms with Crippen molar-refractivity contribution >= 4 is 17.5 Å². The summed E-state index contributed by atoms with van der Waals surface area (Å²) in [5.41, 5.74) is 1.13. The van der Waals surface area contributed by atoms with Crippen LogP contribution in [0.5, 0.6) is 0 Å². The molecule has 0 aromatic carbocycles. The summed E-state index contributed by atoms with van der Waals surface area (Å²) in [5, 5.41) is 6.25. The number of hydrogen-bond acceptors (Lipinski definition) is 5. The molecule has 1 aliphatic rings. The van der Waals surface area contributed by atoms with Crippen LogP contribution in [0.3, 0.4) is 0 Å². The van der Waals surface area contributed by atoms with Crippen molar-refractivity contribution < 1.29 is 4.79 Å². The second-order valence-electron chi connectivity index (χ2n) is 4.89. The number of aromatic nitrogens is 2. The highest BCUT2D eigenvalue weighted by Crippen LogP contribution is 2.24. The van der Waals surface area contributed by atoms with Gasteiger partial charge in [-0.2, -0.15) is 0 Å². The molecule has 110 valence electrons. The lowest BCUT2D eigenvalue weighted by Gasteiger charge is -2.24. The molecule has 1 saturated heterocycles. The molecule has 6 nitrogen and oxygen atoms in total. The first kappa shape index (κ1) is 14.6. The van der Waals surface area contributed by atoms with Gasteiger partial charge in [-0.15, -0.1) is 0 Å². The maximum absolute atomic E-state index is 11.4. The van der Waals surface area contributed by atoms with E-state index in [0.717, 1.165) is 43.1 Å². The van der Waals surface area contributed by atoms with E-state index in [2.05, 4.69) is 39.3 Å². The fourth-order valence-corrected chi connectivity index (χ4v) is 2.38. The highest BCUT2D eigenvalue weighted by molar-refractivity contribution is 5.77. The Balaban J connectivity index is 2.23. The summed E-state index contributed by atoms with van der Waals surface area (Å²) in [5.74, 6) is 1.99. The SMILES string of the molecule is CCCNc1ncnc(N2CCNC(=O)CC2)c1CC. The standard InChI is InChI=1S/C14H23N5O/c1-3-6-16-13-11(4-2)14(18-10-17-13)19-8-5-12(20)15-7-9-19/h10H,3-9H2,1-2H3,(H,15,20)(H,16,17,18). The minimum absolute atomic E-state index is 0.115. The molecule has 0 atom stereocenters. The third kappa shape index (κ3) is 3.37. The van der Waals surface area contributed by atoms with E-state index in [1.54, 1.807) is 6.33 Å². The maximum Gasteiger partial charge on any atom is 0.221 e. The number of carbonyl (C=O) groups excluding carboxylic acids is 1. The Labute approximate surface area is 120 Å². The third-order valence-corrected chi connectivity index (χ3v) is 3.43. The van der Waals surface area contributed by atoms with Crippen LogP contribution in [-0.2, 0) is 11.2 Å². The van der Waals surface area contributed by atoms with Crippen LogP contribution in [0, 0.1) is 0 Å². The highest BCUT2D eigenvalue weighted by Gasteiger charge is 2.19. The Morgan fingerprint density at radius 2 is 2.20 bits per heavy atom. The van der Waals surface area contributed by atoms with Gasteiger partial charge in [0, 0.05) is 38.2 Å². The molecule has 6 heteroatoms. The molecule has 0 unspecified atom stereocenters. The number of anilines is 2. The Morgan fingerprint density at radius 1 is 1.35 bits per heavy atom. The van der Waals surface area contributed by atoms with Gasteiger partial charge in [-0.1, -0.05) is 13.8 Å². The summed E-state index contributed by atoms with van der Waals surface area (Å²) >= 11 is 0. The summed E-state index contributed by atoms with van der Waals surface area (Å²) in [4.78, 5) is 22.4. The summed E-state index contributed by atoms with van der Waals surface area (Å²) in [6.45, 7) is 7.33. The van der Waals surface area contributed by atoms with Gasteiger partial charge < -0.3 is 15.5 Å². The van der Waals surface area contributed by atoms with Gasteiger partial charge in [0.2, 0.25) is 5.91 Å². The smallest absolute Gasteiger partial charge is 0.221 e. The molecule has 1 aromatic heterocycles. The topological polar surface area (TPSA) is 70.2 Å². The lowest BCUT2D eigenvalue weighted by Crippen LogP contribution is -2.30. The normalized spacial score (nSPS) is 15.7. The monoisotopic (exact) mass is 277 g/mol. The Morgan fingerprint density at radius 3 is 2.95 bits per heavy atom. The molecule has 20 heavy (non-hydrogen) atoms. The second-order valence-corrected chi connectivity index (χ2v) is 4.89. The minimum atomic E-state index is 0.115. The predicted octanol–water partition coefficient (Wildman–Crippen LogP) is 1.19. The van der Waals surface area contributed by atoms with E-state index >= 15 is 0 Å². The van der Waals surface area contributed by atoms with Gasteiger partial charge >= 0.3 is 0 Å². The summed E-state index contributed by atoms with van der Waals surface area (Å²) in [6.07, 6.45) is 4.06. The first-order valence-corrected chi connectivity index (χ1v) is 7.35. The van der Waals surface area contributed by atoms with Crippen LogP contribution in [0.4, 0.5) is 11.6 Å². The molecule has 0 aliphatic carbocycles. The van der Waals surface area contributed by atoms with Crippen molar-refractivity contribution in [3.05, 3.63) is 11.9 Å². The molecule has 0 bridgehead atoms. The zero-order valence-electron chi connectivity index (χ0n) is 12.3. The lowest BCUT2D eigenvalue weighted by molar-refractivity contribution is -0.120. The van der Waals surface area contributed by atoms with E-state index in [9.17, 15) is 4.79 Å². The van der Waals surface area contributed by atoms with Crippen molar-refractivity contribution in [2.75, 3.05) is 36.4 Å². The average Bonchev–Trinajstić information content (AvgIpc) is 2.69. The van der Waals surface area contributed by atoms with Gasteiger partial charge in [0.15, 0.2) is 0 Å². The van der Waals surface area contributed by atoms with Crippen LogP contribution in [-0.4, -0.2) is 42.1 Å². The quantitative estimate of drug-likeness (QED) is 0.846. The predicted molar refractivity (Wildman–Crippen MR) is 80.0 cm³/mol. The first-order chi connectivity index (χ1) is 9.76. The number of rotatable bonds is 5. The fraction of sp³-hybridized carbons (Fsp3) is 0.643. The summed E-state index contributed by atoms with van der Waals surface area (Å²) in [6, 6.07) is 0. The van der Waals surface area contributed by atoms with E-state index in [4.69, 9.17) is 0 Å². The van der Waals surface area contributed by atoms with E-state index in [1.807, 2.05) is 0 Å². The van der Waals surface area contributed by atoms with Gasteiger partial charge in [-0.05, 0) is 12.8 Å². The second kappa shape index (κ2) is 7.07. The molecule has 0 radical (unpaired) electrons. The van der Waals surface area contributed by atoms with E-state index in [1.165, 1.54) is 0 Å². The van der Waals surface area contributed by atoms with Gasteiger partial charge in [-0.25, -0.2) is 9.97 Å². The first-order valence-electron chi connectivity index (χ1n) is 7.35. The molecule has 1 aromatic rings. The molecular formula is C14H23N5O. The summed E-state index contributed by atoms with van der Waals surface area (Å²) < 4.78 is 0. The van der Waals surface area contributed by atoms with E-state index in [-0.39, 0.29) is 5.91 Å². The molecule has 1 aliphatic heterocycles. The van der Waals surface area contributed by atoms with Crippen LogP contribution in [0.1, 0.15) is 32.3 Å². The zero-order valence-corrected chi connectivity index (χ0v) is 12.3. The van der Waals surface area contributed by atoms with Crippen LogP contribution in [0.25, 0.3) is 0 Å². The van der Waals surface area contributed by atoms with Gasteiger partial charge in [0.05, 0.1) is 0 Å². The Kier molecular flexibility index (Phi) is 5.15. The molecule has 2 rings (SSSR count). The zero-order chi connectivity index (χ0) is 14.4. The van der Waals surface area contributed by atoms with Gasteiger partial charge in [0.25, 0.3) is 0 Å². The van der Waals surface area contributed by atoms with Crippen LogP contribution >= 0.6 is 0 Å². The Bertz CT molecular complexity index is 463. The van der Waals surface area contributed by atoms with Gasteiger partial charge in [-0.3, -0.25) is 4.79 Å². The molecule has 2 heterocycles. The number of amides is 1. The molecule has 1 amide bonds. The lowest BCUT2D eigenvalue weighted by atomic mass is 10.2. The fourth-order valence-electron chi connectivity index (χ4n) is 2.38. The number of carbonyl (C=O) groups is 1.